The number of ether oxygens (including phenoxy) is 1. The molecule has 6 nitrogen and oxygen atoms in total. The molecule has 0 atom stereocenters. The number of pyridine rings is 2. The highest BCUT2D eigenvalue weighted by molar-refractivity contribution is 5.94. The van der Waals surface area contributed by atoms with Crippen LogP contribution in [0.2, 0.25) is 0 Å². The van der Waals surface area contributed by atoms with Crippen molar-refractivity contribution in [3.8, 4) is 11.6 Å². The summed E-state index contributed by atoms with van der Waals surface area (Å²) in [5, 5.41) is 12.1. The first kappa shape index (κ1) is 14.8. The number of aromatic hydroxyl groups is 1. The number of nitrogens with one attached hydrogen (secondary N) is 1. The van der Waals surface area contributed by atoms with Crippen LogP contribution in [0.1, 0.15) is 29.8 Å². The number of carbonyl (C=O) groups is 1. The lowest BCUT2D eigenvalue weighted by atomic mass is 10.2. The van der Waals surface area contributed by atoms with Crippen molar-refractivity contribution < 1.29 is 14.6 Å². The second-order valence-corrected chi connectivity index (χ2v) is 4.75. The van der Waals surface area contributed by atoms with Crippen molar-refractivity contribution in [3.63, 3.8) is 0 Å². The Bertz CT molecular complexity index is 629. The Morgan fingerprint density at radius 3 is 2.95 bits per heavy atom. The molecule has 2 heterocycles. The number of carbonyl (C=O) groups excluding carboxylic acids is 1. The van der Waals surface area contributed by atoms with E-state index < -0.39 is 0 Å². The lowest BCUT2D eigenvalue weighted by Gasteiger charge is -2.13. The van der Waals surface area contributed by atoms with Crippen molar-refractivity contribution >= 4 is 5.91 Å². The van der Waals surface area contributed by atoms with Crippen LogP contribution in [0.15, 0.2) is 36.8 Å². The van der Waals surface area contributed by atoms with Gasteiger partial charge in [0.25, 0.3) is 5.91 Å². The third-order valence-electron chi connectivity index (χ3n) is 2.62. The maximum absolute atomic E-state index is 12.0. The SMILES string of the molecule is CC(C)Oc1ncccc1CNC(=O)c1cncc(O)c1. The first-order valence-corrected chi connectivity index (χ1v) is 6.59. The highest BCUT2D eigenvalue weighted by Gasteiger charge is 2.10. The fourth-order valence-corrected chi connectivity index (χ4v) is 1.72. The van der Waals surface area contributed by atoms with Gasteiger partial charge in [-0.25, -0.2) is 4.98 Å². The predicted molar refractivity (Wildman–Crippen MR) is 77.1 cm³/mol. The smallest absolute Gasteiger partial charge is 0.253 e. The molecule has 2 aromatic heterocycles. The van der Waals surface area contributed by atoms with E-state index in [1.165, 1.54) is 18.5 Å². The Balaban J connectivity index is 2.04. The summed E-state index contributed by atoms with van der Waals surface area (Å²) in [5.74, 6) is 0.132. The first-order chi connectivity index (χ1) is 10.1. The molecule has 2 rings (SSSR count). The zero-order valence-electron chi connectivity index (χ0n) is 11.9. The number of aromatic nitrogens is 2. The van der Waals surface area contributed by atoms with Gasteiger partial charge in [0, 0.05) is 24.5 Å². The van der Waals surface area contributed by atoms with Gasteiger partial charge in [-0.3, -0.25) is 9.78 Å². The average molecular weight is 287 g/mol. The lowest BCUT2D eigenvalue weighted by Crippen LogP contribution is -2.23. The third-order valence-corrected chi connectivity index (χ3v) is 2.62. The zero-order chi connectivity index (χ0) is 15.2. The summed E-state index contributed by atoms with van der Waals surface area (Å²) in [5.41, 5.74) is 1.08. The first-order valence-electron chi connectivity index (χ1n) is 6.59. The van der Waals surface area contributed by atoms with Crippen LogP contribution in [-0.4, -0.2) is 27.1 Å². The molecule has 1 amide bonds. The van der Waals surface area contributed by atoms with Gasteiger partial charge >= 0.3 is 0 Å². The van der Waals surface area contributed by atoms with Crippen molar-refractivity contribution in [1.82, 2.24) is 15.3 Å². The second kappa shape index (κ2) is 6.69. The molecule has 0 radical (unpaired) electrons. The van der Waals surface area contributed by atoms with Gasteiger partial charge in [0.2, 0.25) is 5.88 Å². The maximum atomic E-state index is 12.0. The summed E-state index contributed by atoms with van der Waals surface area (Å²) in [6.45, 7) is 4.11. The van der Waals surface area contributed by atoms with Crippen molar-refractivity contribution in [2.45, 2.75) is 26.5 Å². The Morgan fingerprint density at radius 2 is 2.24 bits per heavy atom. The van der Waals surface area contributed by atoms with E-state index in [4.69, 9.17) is 4.74 Å². The normalized spacial score (nSPS) is 10.4. The van der Waals surface area contributed by atoms with Crippen LogP contribution in [0, 0.1) is 0 Å². The van der Waals surface area contributed by atoms with E-state index in [2.05, 4.69) is 15.3 Å². The van der Waals surface area contributed by atoms with Gasteiger partial charge in [-0.2, -0.15) is 0 Å². The quantitative estimate of drug-likeness (QED) is 0.877. The minimum Gasteiger partial charge on any atom is -0.506 e. The van der Waals surface area contributed by atoms with Crippen molar-refractivity contribution in [2.24, 2.45) is 0 Å². The van der Waals surface area contributed by atoms with Crippen LogP contribution < -0.4 is 10.1 Å². The van der Waals surface area contributed by atoms with E-state index in [1.807, 2.05) is 19.9 Å². The van der Waals surface area contributed by atoms with Crippen LogP contribution >= 0.6 is 0 Å². The van der Waals surface area contributed by atoms with Gasteiger partial charge in [-0.1, -0.05) is 6.07 Å². The minimum absolute atomic E-state index is 0.00428. The molecule has 0 aliphatic carbocycles. The van der Waals surface area contributed by atoms with Gasteiger partial charge < -0.3 is 15.2 Å². The summed E-state index contributed by atoms with van der Waals surface area (Å²) >= 11 is 0. The maximum Gasteiger partial charge on any atom is 0.253 e. The van der Waals surface area contributed by atoms with Gasteiger partial charge in [-0.05, 0) is 26.0 Å². The molecule has 110 valence electrons. The molecule has 0 fully saturated rings. The van der Waals surface area contributed by atoms with Crippen LogP contribution in [-0.2, 0) is 6.54 Å². The summed E-state index contributed by atoms with van der Waals surface area (Å²) < 4.78 is 5.59. The van der Waals surface area contributed by atoms with Gasteiger partial charge in [0.05, 0.1) is 17.9 Å². The van der Waals surface area contributed by atoms with Crippen LogP contribution in [0.4, 0.5) is 0 Å². The predicted octanol–water partition coefficient (Wildman–Crippen LogP) is 1.90. The molecular weight excluding hydrogens is 270 g/mol. The highest BCUT2D eigenvalue weighted by Crippen LogP contribution is 2.16. The Kier molecular flexibility index (Phi) is 4.71. The fourth-order valence-electron chi connectivity index (χ4n) is 1.72. The number of rotatable bonds is 5. The lowest BCUT2D eigenvalue weighted by molar-refractivity contribution is 0.0949. The molecule has 0 saturated carbocycles. The van der Waals surface area contributed by atoms with E-state index in [0.717, 1.165) is 5.56 Å². The van der Waals surface area contributed by atoms with E-state index in [-0.39, 0.29) is 24.3 Å². The van der Waals surface area contributed by atoms with Crippen molar-refractivity contribution in [3.05, 3.63) is 47.9 Å². The Hall–Kier alpha value is -2.63. The number of amides is 1. The van der Waals surface area contributed by atoms with Crippen LogP contribution in [0.3, 0.4) is 0 Å². The Labute approximate surface area is 122 Å². The fraction of sp³-hybridized carbons (Fsp3) is 0.267. The topological polar surface area (TPSA) is 84.3 Å². The number of nitrogens with zero attached hydrogens (tertiary/aromatic N) is 2. The summed E-state index contributed by atoms with van der Waals surface area (Å²) in [6, 6.07) is 4.98. The summed E-state index contributed by atoms with van der Waals surface area (Å²) in [4.78, 5) is 19.9. The minimum atomic E-state index is -0.322. The third kappa shape index (κ3) is 4.17. The highest BCUT2D eigenvalue weighted by atomic mass is 16.5. The molecule has 0 aliphatic rings. The zero-order valence-corrected chi connectivity index (χ0v) is 11.9. The van der Waals surface area contributed by atoms with E-state index >= 15 is 0 Å². The standard InChI is InChI=1S/C15H17N3O3/c1-10(2)21-15-11(4-3-5-17-15)8-18-14(20)12-6-13(19)9-16-7-12/h3-7,9-10,19H,8H2,1-2H3,(H,18,20). The molecule has 21 heavy (non-hydrogen) atoms. The van der Waals surface area contributed by atoms with Crippen molar-refractivity contribution in [1.29, 1.82) is 0 Å². The molecule has 2 aromatic rings. The summed E-state index contributed by atoms with van der Waals surface area (Å²) in [7, 11) is 0. The summed E-state index contributed by atoms with van der Waals surface area (Å²) in [6.07, 6.45) is 4.31. The number of hydrogen-bond acceptors (Lipinski definition) is 5. The van der Waals surface area contributed by atoms with Crippen molar-refractivity contribution in [2.75, 3.05) is 0 Å². The molecule has 0 aromatic carbocycles. The molecule has 0 saturated heterocycles. The van der Waals surface area contributed by atoms with Gasteiger partial charge in [0.1, 0.15) is 5.75 Å². The molecular formula is C15H17N3O3. The van der Waals surface area contributed by atoms with E-state index in [1.54, 1.807) is 12.3 Å². The molecule has 2 N–H and O–H groups in total. The number of hydrogen-bond donors (Lipinski definition) is 2. The Morgan fingerprint density at radius 1 is 1.43 bits per heavy atom. The molecule has 0 aliphatic heterocycles. The molecule has 0 unspecified atom stereocenters. The van der Waals surface area contributed by atoms with E-state index in [9.17, 15) is 9.90 Å². The van der Waals surface area contributed by atoms with E-state index in [0.29, 0.717) is 11.4 Å². The molecule has 0 bridgehead atoms. The molecule has 0 spiro atoms. The van der Waals surface area contributed by atoms with Crippen LogP contribution in [0.5, 0.6) is 11.6 Å². The van der Waals surface area contributed by atoms with Gasteiger partial charge in [-0.15, -0.1) is 0 Å². The monoisotopic (exact) mass is 287 g/mol. The average Bonchev–Trinajstić information content (AvgIpc) is 2.45. The molecule has 6 heteroatoms. The second-order valence-electron chi connectivity index (χ2n) is 4.75. The van der Waals surface area contributed by atoms with Gasteiger partial charge in [0.15, 0.2) is 0 Å². The largest absolute Gasteiger partial charge is 0.506 e. The van der Waals surface area contributed by atoms with Crippen LogP contribution in [0.25, 0.3) is 0 Å².